The Bertz CT molecular complexity index is 691. The second kappa shape index (κ2) is 7.08. The van der Waals surface area contributed by atoms with Gasteiger partial charge in [-0.15, -0.1) is 0 Å². The highest BCUT2D eigenvalue weighted by Gasteiger charge is 2.32. The summed E-state index contributed by atoms with van der Waals surface area (Å²) in [5.41, 5.74) is 9.99. The zero-order valence-corrected chi connectivity index (χ0v) is 14.5. The minimum atomic E-state index is 0.181. The fourth-order valence-corrected chi connectivity index (χ4v) is 3.65. The Morgan fingerprint density at radius 1 is 1.12 bits per heavy atom. The zero-order valence-electron chi connectivity index (χ0n) is 14.5. The molecular weight excluding hydrogens is 296 g/mol. The average molecular weight is 322 g/mol. The van der Waals surface area contributed by atoms with Gasteiger partial charge in [-0.2, -0.15) is 0 Å². The summed E-state index contributed by atoms with van der Waals surface area (Å²) in [6.45, 7) is 5.20. The second-order valence-electron chi connectivity index (χ2n) is 6.98. The number of likely N-dealkylation sites (tertiary alicyclic amines) is 1. The smallest absolute Gasteiger partial charge is 0.227 e. The molecular formula is C21H26N2O. The molecule has 2 aromatic carbocycles. The lowest BCUT2D eigenvalue weighted by atomic mass is 9.85. The van der Waals surface area contributed by atoms with Crippen LogP contribution >= 0.6 is 0 Å². The molecule has 0 bridgehead atoms. The molecule has 2 N–H and O–H groups in total. The summed E-state index contributed by atoms with van der Waals surface area (Å²) in [7, 11) is 0. The van der Waals surface area contributed by atoms with Crippen molar-refractivity contribution in [2.45, 2.75) is 39.2 Å². The number of nitrogens with zero attached hydrogens (tertiary/aromatic N) is 1. The first-order valence-corrected chi connectivity index (χ1v) is 8.75. The quantitative estimate of drug-likeness (QED) is 0.864. The molecule has 3 rings (SSSR count). The first-order chi connectivity index (χ1) is 11.5. The first kappa shape index (κ1) is 16.6. The molecule has 126 valence electrons. The van der Waals surface area contributed by atoms with Crippen LogP contribution in [0.5, 0.6) is 0 Å². The molecule has 0 aromatic heterocycles. The van der Waals surface area contributed by atoms with Crippen molar-refractivity contribution in [2.75, 3.05) is 12.3 Å². The van der Waals surface area contributed by atoms with E-state index in [1.54, 1.807) is 0 Å². The van der Waals surface area contributed by atoms with Gasteiger partial charge in [0.1, 0.15) is 0 Å². The molecule has 0 saturated carbocycles. The molecule has 1 aliphatic rings. The number of carbonyl (C=O) groups is 1. The monoisotopic (exact) mass is 322 g/mol. The lowest BCUT2D eigenvalue weighted by Gasteiger charge is -2.40. The van der Waals surface area contributed by atoms with Gasteiger partial charge in [0.15, 0.2) is 0 Å². The van der Waals surface area contributed by atoms with Crippen LogP contribution in [0.3, 0.4) is 0 Å². The van der Waals surface area contributed by atoms with Crippen LogP contribution in [0.1, 0.15) is 42.5 Å². The number of carbonyl (C=O) groups excluding carboxylic acids is 1. The molecule has 1 amide bonds. The largest absolute Gasteiger partial charge is 0.399 e. The molecule has 2 unspecified atom stereocenters. The standard InChI is InChI=1S/C21H26N2O/c1-15-5-9-18(10-6-15)21-16(2)4-3-13-23(21)20(24)14-17-7-11-19(22)12-8-17/h5-12,16,21H,3-4,13-14,22H2,1-2H3. The van der Waals surface area contributed by atoms with Crippen LogP contribution in [0.25, 0.3) is 0 Å². The van der Waals surface area contributed by atoms with E-state index in [1.807, 2.05) is 24.3 Å². The molecule has 0 aliphatic carbocycles. The first-order valence-electron chi connectivity index (χ1n) is 8.75. The van der Waals surface area contributed by atoms with Gasteiger partial charge in [-0.1, -0.05) is 48.9 Å². The highest BCUT2D eigenvalue weighted by Crippen LogP contribution is 2.36. The number of rotatable bonds is 3. The van der Waals surface area contributed by atoms with E-state index in [9.17, 15) is 4.79 Å². The molecule has 1 aliphatic heterocycles. The van der Waals surface area contributed by atoms with Crippen molar-refractivity contribution in [2.24, 2.45) is 5.92 Å². The molecule has 1 fully saturated rings. The highest BCUT2D eigenvalue weighted by atomic mass is 16.2. The molecule has 0 radical (unpaired) electrons. The zero-order chi connectivity index (χ0) is 17.1. The summed E-state index contributed by atoms with van der Waals surface area (Å²) >= 11 is 0. The van der Waals surface area contributed by atoms with Crippen molar-refractivity contribution in [1.29, 1.82) is 0 Å². The summed E-state index contributed by atoms with van der Waals surface area (Å²) < 4.78 is 0. The maximum atomic E-state index is 12.9. The molecule has 1 heterocycles. The molecule has 2 atom stereocenters. The third-order valence-electron chi connectivity index (χ3n) is 5.01. The Labute approximate surface area is 144 Å². The molecule has 2 aromatic rings. The molecule has 3 nitrogen and oxygen atoms in total. The summed E-state index contributed by atoms with van der Waals surface area (Å²) in [4.78, 5) is 15.0. The number of anilines is 1. The lowest BCUT2D eigenvalue weighted by molar-refractivity contribution is -0.135. The Morgan fingerprint density at radius 2 is 1.79 bits per heavy atom. The fraction of sp³-hybridized carbons (Fsp3) is 0.381. The third kappa shape index (κ3) is 3.61. The topological polar surface area (TPSA) is 46.3 Å². The number of aryl methyl sites for hydroxylation is 1. The van der Waals surface area contributed by atoms with E-state index in [0.717, 1.165) is 24.2 Å². The minimum Gasteiger partial charge on any atom is -0.399 e. The Hall–Kier alpha value is -2.29. The van der Waals surface area contributed by atoms with E-state index < -0.39 is 0 Å². The van der Waals surface area contributed by atoms with Gasteiger partial charge in [-0.3, -0.25) is 4.79 Å². The molecule has 0 spiro atoms. The van der Waals surface area contributed by atoms with Crippen molar-refractivity contribution in [3.63, 3.8) is 0 Å². The van der Waals surface area contributed by atoms with E-state index in [4.69, 9.17) is 5.73 Å². The van der Waals surface area contributed by atoms with Crippen molar-refractivity contribution >= 4 is 11.6 Å². The number of benzene rings is 2. The maximum Gasteiger partial charge on any atom is 0.227 e. The summed E-state index contributed by atoms with van der Waals surface area (Å²) in [5, 5.41) is 0. The number of hydrogen-bond acceptors (Lipinski definition) is 2. The highest BCUT2D eigenvalue weighted by molar-refractivity contribution is 5.79. The van der Waals surface area contributed by atoms with Crippen molar-refractivity contribution < 1.29 is 4.79 Å². The van der Waals surface area contributed by atoms with E-state index in [0.29, 0.717) is 12.3 Å². The van der Waals surface area contributed by atoms with E-state index >= 15 is 0 Å². The van der Waals surface area contributed by atoms with Crippen molar-refractivity contribution in [3.8, 4) is 0 Å². The number of piperidine rings is 1. The van der Waals surface area contributed by atoms with Crippen LogP contribution in [0.2, 0.25) is 0 Å². The van der Waals surface area contributed by atoms with Crippen molar-refractivity contribution in [1.82, 2.24) is 4.90 Å². The van der Waals surface area contributed by atoms with Crippen LogP contribution in [0.15, 0.2) is 48.5 Å². The predicted octanol–water partition coefficient (Wildman–Crippen LogP) is 4.12. The number of amides is 1. The van der Waals surface area contributed by atoms with Crippen LogP contribution in [-0.2, 0) is 11.2 Å². The van der Waals surface area contributed by atoms with Gasteiger partial charge < -0.3 is 10.6 Å². The lowest BCUT2D eigenvalue weighted by Crippen LogP contribution is -2.42. The van der Waals surface area contributed by atoms with Gasteiger partial charge >= 0.3 is 0 Å². The fourth-order valence-electron chi connectivity index (χ4n) is 3.65. The van der Waals surface area contributed by atoms with Gasteiger partial charge in [0.05, 0.1) is 12.5 Å². The number of hydrogen-bond donors (Lipinski definition) is 1. The van der Waals surface area contributed by atoms with E-state index in [-0.39, 0.29) is 11.9 Å². The van der Waals surface area contributed by atoms with Crippen LogP contribution < -0.4 is 5.73 Å². The Balaban J connectivity index is 1.81. The predicted molar refractivity (Wildman–Crippen MR) is 98.6 cm³/mol. The maximum absolute atomic E-state index is 12.9. The van der Waals surface area contributed by atoms with Gasteiger partial charge in [-0.05, 0) is 48.9 Å². The van der Waals surface area contributed by atoms with Gasteiger partial charge in [0.2, 0.25) is 5.91 Å². The summed E-state index contributed by atoms with van der Waals surface area (Å²) in [6, 6.07) is 16.4. The summed E-state index contributed by atoms with van der Waals surface area (Å²) in [5.74, 6) is 0.689. The van der Waals surface area contributed by atoms with E-state index in [1.165, 1.54) is 17.5 Å². The van der Waals surface area contributed by atoms with Crippen LogP contribution in [-0.4, -0.2) is 17.4 Å². The minimum absolute atomic E-state index is 0.181. The molecule has 3 heteroatoms. The Morgan fingerprint density at radius 3 is 2.46 bits per heavy atom. The average Bonchev–Trinajstić information content (AvgIpc) is 2.58. The van der Waals surface area contributed by atoms with E-state index in [2.05, 4.69) is 43.0 Å². The number of nitrogen functional groups attached to an aromatic ring is 1. The normalized spacial score (nSPS) is 20.8. The van der Waals surface area contributed by atoms with Gasteiger partial charge in [-0.25, -0.2) is 0 Å². The second-order valence-corrected chi connectivity index (χ2v) is 6.98. The van der Waals surface area contributed by atoms with Crippen molar-refractivity contribution in [3.05, 3.63) is 65.2 Å². The molecule has 1 saturated heterocycles. The van der Waals surface area contributed by atoms with Gasteiger partial charge in [0, 0.05) is 12.2 Å². The SMILES string of the molecule is Cc1ccc(C2C(C)CCCN2C(=O)Cc2ccc(N)cc2)cc1. The van der Waals surface area contributed by atoms with Crippen LogP contribution in [0.4, 0.5) is 5.69 Å². The van der Waals surface area contributed by atoms with Gasteiger partial charge in [0.25, 0.3) is 0 Å². The summed E-state index contributed by atoms with van der Waals surface area (Å²) in [6.07, 6.45) is 2.69. The Kier molecular flexibility index (Phi) is 4.89. The molecule has 24 heavy (non-hydrogen) atoms. The number of nitrogens with two attached hydrogens (primary N) is 1. The van der Waals surface area contributed by atoms with Crippen LogP contribution in [0, 0.1) is 12.8 Å². The third-order valence-corrected chi connectivity index (χ3v) is 5.01.